The van der Waals surface area contributed by atoms with Crippen molar-refractivity contribution in [2.45, 2.75) is 37.3 Å². The fourth-order valence-electron chi connectivity index (χ4n) is 4.17. The minimum Gasteiger partial charge on any atom is -0.480 e. The fraction of sp³-hybridized carbons (Fsp3) is 0.409. The number of nitrogens with zero attached hydrogens (tertiary/aromatic N) is 2. The molecule has 12 heteroatoms. The second-order valence-electron chi connectivity index (χ2n) is 8.03. The summed E-state index contributed by atoms with van der Waals surface area (Å²) in [6, 6.07) is 5.55. The van der Waals surface area contributed by atoms with E-state index in [2.05, 4.69) is 15.0 Å². The quantitative estimate of drug-likeness (QED) is 0.490. The number of H-pyrrole nitrogens is 1. The summed E-state index contributed by atoms with van der Waals surface area (Å²) < 4.78 is 50.5. The highest BCUT2D eigenvalue weighted by molar-refractivity contribution is 6.31. The van der Waals surface area contributed by atoms with E-state index in [1.807, 2.05) is 0 Å². The number of imidazole rings is 1. The molecule has 0 spiro atoms. The summed E-state index contributed by atoms with van der Waals surface area (Å²) >= 11 is 6.34. The highest BCUT2D eigenvalue weighted by atomic mass is 35.5. The molecule has 180 valence electrons. The second-order valence-corrected chi connectivity index (χ2v) is 8.43. The number of carboxylic acids is 1. The summed E-state index contributed by atoms with van der Waals surface area (Å²) in [5.41, 5.74) is 1.31. The van der Waals surface area contributed by atoms with E-state index in [4.69, 9.17) is 35.7 Å². The van der Waals surface area contributed by atoms with Crippen molar-refractivity contribution in [1.82, 2.24) is 15.0 Å². The molecule has 4 heterocycles. The number of aromatic nitrogens is 3. The molecule has 2 aromatic heterocycles. The summed E-state index contributed by atoms with van der Waals surface area (Å²) in [5, 5.41) is 9.13. The van der Waals surface area contributed by atoms with Gasteiger partial charge in [-0.1, -0.05) is 17.7 Å². The zero-order valence-electron chi connectivity index (χ0n) is 17.7. The number of benzene rings is 1. The lowest BCUT2D eigenvalue weighted by atomic mass is 10.1. The van der Waals surface area contributed by atoms with E-state index in [1.165, 1.54) is 18.2 Å². The molecular formula is C22H20ClF2N3O6. The van der Waals surface area contributed by atoms with Gasteiger partial charge in [-0.15, -0.1) is 0 Å². The molecule has 2 saturated heterocycles. The van der Waals surface area contributed by atoms with Crippen LogP contribution in [-0.2, 0) is 31.8 Å². The van der Waals surface area contributed by atoms with E-state index in [0.29, 0.717) is 21.9 Å². The van der Waals surface area contributed by atoms with Crippen molar-refractivity contribution in [3.05, 3.63) is 52.2 Å². The molecular weight excluding hydrogens is 476 g/mol. The maximum Gasteiger partial charge on any atom is 0.329 e. The number of aliphatic carboxylic acids is 1. The predicted molar refractivity (Wildman–Crippen MR) is 114 cm³/mol. The first-order valence-corrected chi connectivity index (χ1v) is 11.0. The van der Waals surface area contributed by atoms with Gasteiger partial charge >= 0.3 is 5.97 Å². The Hall–Kier alpha value is -2.86. The molecule has 5 rings (SSSR count). The molecule has 2 fully saturated rings. The molecule has 0 radical (unpaired) electrons. The van der Waals surface area contributed by atoms with Crippen LogP contribution in [0.15, 0.2) is 24.3 Å². The van der Waals surface area contributed by atoms with Crippen LogP contribution in [-0.4, -0.2) is 70.3 Å². The van der Waals surface area contributed by atoms with Crippen LogP contribution >= 0.6 is 11.6 Å². The van der Waals surface area contributed by atoms with Gasteiger partial charge in [-0.3, -0.25) is 0 Å². The Labute approximate surface area is 197 Å². The number of aromatic amines is 1. The van der Waals surface area contributed by atoms with Crippen molar-refractivity contribution in [2.24, 2.45) is 0 Å². The third-order valence-electron chi connectivity index (χ3n) is 5.80. The first-order chi connectivity index (χ1) is 16.4. The van der Waals surface area contributed by atoms with Crippen LogP contribution in [0.4, 0.5) is 8.78 Å². The number of pyridine rings is 1. The van der Waals surface area contributed by atoms with Crippen molar-refractivity contribution in [1.29, 1.82) is 0 Å². The van der Waals surface area contributed by atoms with Crippen LogP contribution in [0.3, 0.4) is 0 Å². The van der Waals surface area contributed by atoms with E-state index in [1.54, 1.807) is 6.07 Å². The molecule has 0 amide bonds. The Morgan fingerprint density at radius 3 is 2.59 bits per heavy atom. The number of carboxylic acid groups (broad SMARTS) is 1. The SMILES string of the molecule is O=C(O)CO[C@@H]1CO[C@H]2[C@@H]1OC[C@H]2Oc1nc2nc(CCc3c(F)cccc3F)c(Cl)cc2[nH]1. The number of aryl methyl sites for hydroxylation is 1. The van der Waals surface area contributed by atoms with Crippen molar-refractivity contribution in [3.63, 3.8) is 0 Å². The Bertz CT molecular complexity index is 1200. The van der Waals surface area contributed by atoms with E-state index < -0.39 is 48.6 Å². The molecule has 3 aromatic rings. The number of nitrogens with one attached hydrogen (secondary N) is 1. The summed E-state index contributed by atoms with van der Waals surface area (Å²) in [6.07, 6.45) is -1.53. The van der Waals surface area contributed by atoms with Crippen LogP contribution in [0.5, 0.6) is 6.01 Å². The molecule has 9 nitrogen and oxygen atoms in total. The van der Waals surface area contributed by atoms with Gasteiger partial charge in [0.15, 0.2) is 11.8 Å². The van der Waals surface area contributed by atoms with Crippen molar-refractivity contribution >= 4 is 28.7 Å². The van der Waals surface area contributed by atoms with E-state index in [0.717, 1.165) is 0 Å². The number of fused-ring (bicyclic) bond motifs is 2. The molecule has 0 unspecified atom stereocenters. The first-order valence-electron chi connectivity index (χ1n) is 10.6. The molecule has 2 N–H and O–H groups in total. The first kappa shape index (κ1) is 22.9. The molecule has 2 aliphatic heterocycles. The highest BCUT2D eigenvalue weighted by Crippen LogP contribution is 2.31. The van der Waals surface area contributed by atoms with Gasteiger partial charge in [0.1, 0.15) is 36.6 Å². The van der Waals surface area contributed by atoms with Crippen molar-refractivity contribution in [3.8, 4) is 6.01 Å². The number of ether oxygens (including phenoxy) is 4. The molecule has 0 aliphatic carbocycles. The maximum atomic E-state index is 13.9. The predicted octanol–water partition coefficient (Wildman–Crippen LogP) is 2.69. The Kier molecular flexibility index (Phi) is 6.34. The molecule has 0 bridgehead atoms. The average molecular weight is 496 g/mol. The topological polar surface area (TPSA) is 116 Å². The van der Waals surface area contributed by atoms with Gasteiger partial charge in [0.05, 0.1) is 29.4 Å². The standard InChI is InChI=1S/C22H20ClF2N3O6/c23-11-6-15-21(26-14(11)5-4-10-12(24)2-1-3-13(10)25)28-22(27-15)34-17-8-33-19-16(7-32-20(17)19)31-9-18(29)30/h1-3,6,16-17,19-20H,4-5,7-9H2,(H,29,30)(H,26,27,28)/t16-,17-,19-,20-/m1/s1. The smallest absolute Gasteiger partial charge is 0.329 e. The third-order valence-corrected chi connectivity index (χ3v) is 6.12. The van der Waals surface area contributed by atoms with Crippen LogP contribution in [0.1, 0.15) is 11.3 Å². The van der Waals surface area contributed by atoms with Crippen LogP contribution in [0.25, 0.3) is 11.2 Å². The Morgan fingerprint density at radius 2 is 1.85 bits per heavy atom. The lowest BCUT2D eigenvalue weighted by Gasteiger charge is -2.16. The maximum absolute atomic E-state index is 13.9. The number of halogens is 3. The van der Waals surface area contributed by atoms with E-state index in [-0.39, 0.29) is 37.6 Å². The van der Waals surface area contributed by atoms with Crippen molar-refractivity contribution < 1.29 is 37.6 Å². The summed E-state index contributed by atoms with van der Waals surface area (Å²) in [4.78, 5) is 22.5. The minimum absolute atomic E-state index is 0.0236. The third kappa shape index (κ3) is 4.56. The molecule has 0 saturated carbocycles. The van der Waals surface area contributed by atoms with Gasteiger partial charge in [0.25, 0.3) is 6.01 Å². The summed E-state index contributed by atoms with van der Waals surface area (Å²) in [5.74, 6) is -2.30. The van der Waals surface area contributed by atoms with Gasteiger partial charge in [0, 0.05) is 5.56 Å². The molecule has 4 atom stereocenters. The van der Waals surface area contributed by atoms with Gasteiger partial charge < -0.3 is 29.0 Å². The normalized spacial score (nSPS) is 24.0. The van der Waals surface area contributed by atoms with E-state index >= 15 is 0 Å². The zero-order valence-corrected chi connectivity index (χ0v) is 18.4. The molecule has 1 aromatic carbocycles. The van der Waals surface area contributed by atoms with Gasteiger partial charge in [0.2, 0.25) is 0 Å². The summed E-state index contributed by atoms with van der Waals surface area (Å²) in [6.45, 7) is -0.0211. The van der Waals surface area contributed by atoms with Crippen LogP contribution in [0, 0.1) is 11.6 Å². The summed E-state index contributed by atoms with van der Waals surface area (Å²) in [7, 11) is 0. The van der Waals surface area contributed by atoms with Crippen LogP contribution < -0.4 is 4.74 Å². The number of hydrogen-bond acceptors (Lipinski definition) is 7. The van der Waals surface area contributed by atoms with E-state index in [9.17, 15) is 13.6 Å². The van der Waals surface area contributed by atoms with Crippen LogP contribution in [0.2, 0.25) is 5.02 Å². The highest BCUT2D eigenvalue weighted by Gasteiger charge is 2.50. The number of hydrogen-bond donors (Lipinski definition) is 2. The number of carbonyl (C=O) groups is 1. The lowest BCUT2D eigenvalue weighted by Crippen LogP contribution is -2.36. The zero-order chi connectivity index (χ0) is 23.8. The monoisotopic (exact) mass is 495 g/mol. The molecule has 2 aliphatic rings. The Morgan fingerprint density at radius 1 is 1.15 bits per heavy atom. The van der Waals surface area contributed by atoms with Gasteiger partial charge in [-0.05, 0) is 31.0 Å². The fourth-order valence-corrected chi connectivity index (χ4v) is 4.42. The number of rotatable bonds is 8. The minimum atomic E-state index is -1.07. The molecule has 34 heavy (non-hydrogen) atoms. The van der Waals surface area contributed by atoms with Crippen molar-refractivity contribution in [2.75, 3.05) is 19.8 Å². The second kappa shape index (κ2) is 9.41. The lowest BCUT2D eigenvalue weighted by molar-refractivity contribution is -0.146. The largest absolute Gasteiger partial charge is 0.480 e. The van der Waals surface area contributed by atoms with Gasteiger partial charge in [-0.25, -0.2) is 18.6 Å². The Balaban J connectivity index is 1.26. The average Bonchev–Trinajstić information content (AvgIpc) is 3.48. The van der Waals surface area contributed by atoms with Gasteiger partial charge in [-0.2, -0.15) is 4.98 Å².